The molecule has 8 aromatic rings. The van der Waals surface area contributed by atoms with Gasteiger partial charge in [0.1, 0.15) is 0 Å². The molecule has 1 aliphatic carbocycles. The normalized spacial score (nSPS) is 13.3. The lowest BCUT2D eigenvalue weighted by Gasteiger charge is -2.23. The van der Waals surface area contributed by atoms with Crippen molar-refractivity contribution in [3.63, 3.8) is 0 Å². The van der Waals surface area contributed by atoms with Crippen LogP contribution in [0.3, 0.4) is 0 Å². The minimum absolute atomic E-state index is 0.345. The summed E-state index contributed by atoms with van der Waals surface area (Å²) in [4.78, 5) is 11.0. The fourth-order valence-corrected chi connectivity index (χ4v) is 7.54. The number of benzene rings is 7. The summed E-state index contributed by atoms with van der Waals surface area (Å²) in [5, 5.41) is 7.42. The second-order valence-corrected chi connectivity index (χ2v) is 12.6. The van der Waals surface area contributed by atoms with Gasteiger partial charge in [-0.15, -0.1) is 0 Å². The molecule has 9 rings (SSSR count). The molecule has 1 heterocycles. The van der Waals surface area contributed by atoms with Crippen LogP contribution in [0.25, 0.3) is 77.2 Å². The first-order valence-electron chi connectivity index (χ1n) is 15.6. The number of rotatable bonds is 3. The van der Waals surface area contributed by atoms with Crippen molar-refractivity contribution in [1.82, 2.24) is 9.97 Å². The summed E-state index contributed by atoms with van der Waals surface area (Å²) in [7, 11) is 0. The largest absolute Gasteiger partial charge is 0.231 e. The van der Waals surface area contributed by atoms with Gasteiger partial charge in [-0.1, -0.05) is 153 Å². The molecule has 0 amide bonds. The molecule has 0 saturated heterocycles. The Morgan fingerprint density at radius 2 is 1.02 bits per heavy atom. The monoisotopic (exact) mass is 574 g/mol. The van der Waals surface area contributed by atoms with E-state index in [4.69, 9.17) is 9.97 Å². The number of aromatic nitrogens is 2. The van der Waals surface area contributed by atoms with Gasteiger partial charge in [-0.05, 0) is 60.6 Å². The summed E-state index contributed by atoms with van der Waals surface area (Å²) in [5.41, 5.74) is 9.96. The quantitative estimate of drug-likeness (QED) is 0.196. The maximum atomic E-state index is 5.51. The van der Waals surface area contributed by atoms with Gasteiger partial charge in [0.2, 0.25) is 0 Å². The Hall–Kier alpha value is -5.60. The molecule has 1 aliphatic rings. The van der Waals surface area contributed by atoms with E-state index in [9.17, 15) is 0 Å². The van der Waals surface area contributed by atoms with Crippen molar-refractivity contribution in [3.05, 3.63) is 157 Å². The molecule has 1 aromatic heterocycles. The third-order valence-corrected chi connectivity index (χ3v) is 9.58. The summed E-state index contributed by atoms with van der Waals surface area (Å²) in [6.45, 7) is 4.67. The molecule has 0 bridgehead atoms. The van der Waals surface area contributed by atoms with Crippen LogP contribution < -0.4 is 0 Å². The average molecular weight is 575 g/mol. The molecular formula is C43H30N2. The first-order valence-corrected chi connectivity index (χ1v) is 15.6. The summed E-state index contributed by atoms with van der Waals surface area (Å²) in [6.07, 6.45) is 0. The smallest absolute Gasteiger partial charge is 0.160 e. The lowest BCUT2D eigenvalue weighted by Crippen LogP contribution is -2.18. The molecule has 7 aromatic carbocycles. The third-order valence-electron chi connectivity index (χ3n) is 9.58. The van der Waals surface area contributed by atoms with Crippen LogP contribution in [0.1, 0.15) is 25.1 Å². The Morgan fingerprint density at radius 1 is 0.444 bits per heavy atom. The van der Waals surface area contributed by atoms with E-state index >= 15 is 0 Å². The van der Waals surface area contributed by atoms with Crippen molar-refractivity contribution in [2.24, 2.45) is 0 Å². The summed E-state index contributed by atoms with van der Waals surface area (Å²) >= 11 is 0. The van der Waals surface area contributed by atoms with Crippen LogP contribution in [-0.4, -0.2) is 9.97 Å². The van der Waals surface area contributed by atoms with E-state index in [2.05, 4.69) is 159 Å². The second kappa shape index (κ2) is 9.70. The van der Waals surface area contributed by atoms with Crippen LogP contribution in [-0.2, 0) is 5.41 Å². The minimum Gasteiger partial charge on any atom is -0.231 e. The molecule has 45 heavy (non-hydrogen) atoms. The molecular weight excluding hydrogens is 544 g/mol. The van der Waals surface area contributed by atoms with Gasteiger partial charge in [-0.3, -0.25) is 0 Å². The highest BCUT2D eigenvalue weighted by atomic mass is 14.9. The molecule has 0 spiro atoms. The van der Waals surface area contributed by atoms with Gasteiger partial charge >= 0.3 is 0 Å². The van der Waals surface area contributed by atoms with Crippen molar-refractivity contribution in [1.29, 1.82) is 0 Å². The zero-order valence-electron chi connectivity index (χ0n) is 25.3. The Balaban J connectivity index is 1.43. The lowest BCUT2D eigenvalue weighted by atomic mass is 9.81. The van der Waals surface area contributed by atoms with Crippen molar-refractivity contribution in [2.45, 2.75) is 19.3 Å². The molecule has 2 heteroatoms. The van der Waals surface area contributed by atoms with Crippen molar-refractivity contribution >= 4 is 32.3 Å². The number of fused-ring (bicyclic) bond motifs is 9. The van der Waals surface area contributed by atoms with E-state index in [1.165, 1.54) is 49.2 Å². The number of nitrogens with zero attached hydrogens (tertiary/aromatic N) is 2. The van der Waals surface area contributed by atoms with Crippen LogP contribution in [0.4, 0.5) is 0 Å². The van der Waals surface area contributed by atoms with E-state index in [-0.39, 0.29) is 5.41 Å². The number of hydrogen-bond donors (Lipinski definition) is 0. The topological polar surface area (TPSA) is 25.8 Å². The predicted molar refractivity (Wildman–Crippen MR) is 188 cm³/mol. The molecule has 0 N–H and O–H groups in total. The molecule has 212 valence electrons. The average Bonchev–Trinajstić information content (AvgIpc) is 3.35. The maximum Gasteiger partial charge on any atom is 0.160 e. The molecule has 0 unspecified atom stereocenters. The minimum atomic E-state index is -0.345. The van der Waals surface area contributed by atoms with Gasteiger partial charge < -0.3 is 0 Å². The summed E-state index contributed by atoms with van der Waals surface area (Å²) in [5.74, 6) is 0.764. The van der Waals surface area contributed by atoms with Gasteiger partial charge in [-0.2, -0.15) is 0 Å². The molecule has 0 atom stereocenters. The molecule has 0 aliphatic heterocycles. The SMILES string of the molecule is CC1(C)c2nc(-c3cccc4ccccc34)nc(-c3cccc(-c4ccccc4)c3)c2-c2c1c1ccccc1c1ccccc21. The van der Waals surface area contributed by atoms with E-state index in [0.29, 0.717) is 0 Å². The van der Waals surface area contributed by atoms with Crippen LogP contribution in [0.5, 0.6) is 0 Å². The molecule has 0 saturated carbocycles. The maximum absolute atomic E-state index is 5.51. The Morgan fingerprint density at radius 3 is 1.82 bits per heavy atom. The van der Waals surface area contributed by atoms with Gasteiger partial charge in [0, 0.05) is 22.1 Å². The number of hydrogen-bond acceptors (Lipinski definition) is 2. The molecule has 0 fully saturated rings. The second-order valence-electron chi connectivity index (χ2n) is 12.6. The zero-order chi connectivity index (χ0) is 30.1. The van der Waals surface area contributed by atoms with E-state index in [1.807, 2.05) is 0 Å². The highest BCUT2D eigenvalue weighted by molar-refractivity contribution is 6.19. The van der Waals surface area contributed by atoms with Crippen LogP contribution in [0.2, 0.25) is 0 Å². The van der Waals surface area contributed by atoms with Crippen LogP contribution >= 0.6 is 0 Å². The van der Waals surface area contributed by atoms with Crippen LogP contribution in [0, 0.1) is 0 Å². The van der Waals surface area contributed by atoms with Gasteiger partial charge in [0.05, 0.1) is 11.4 Å². The van der Waals surface area contributed by atoms with Gasteiger partial charge in [0.25, 0.3) is 0 Å². The third kappa shape index (κ3) is 3.82. The van der Waals surface area contributed by atoms with Crippen molar-refractivity contribution in [2.75, 3.05) is 0 Å². The fourth-order valence-electron chi connectivity index (χ4n) is 7.54. The Bertz CT molecular complexity index is 2450. The van der Waals surface area contributed by atoms with Gasteiger partial charge in [-0.25, -0.2) is 9.97 Å². The first kappa shape index (κ1) is 25.9. The molecule has 0 radical (unpaired) electrons. The lowest BCUT2D eigenvalue weighted by molar-refractivity contribution is 0.641. The van der Waals surface area contributed by atoms with E-state index < -0.39 is 0 Å². The highest BCUT2D eigenvalue weighted by Gasteiger charge is 2.42. The van der Waals surface area contributed by atoms with Crippen molar-refractivity contribution < 1.29 is 0 Å². The predicted octanol–water partition coefficient (Wildman–Crippen LogP) is 11.2. The summed E-state index contributed by atoms with van der Waals surface area (Å²) < 4.78 is 0. The Labute approximate surface area is 262 Å². The van der Waals surface area contributed by atoms with Crippen LogP contribution in [0.15, 0.2) is 146 Å². The standard InChI is InChI=1S/C43H30N2/c1-43(2)39-35-24-11-9-22-33(35)32-21-8-10-23-34(32)37(39)38-40(30-19-12-18-29(26-30)27-14-4-3-5-15-27)44-42(45-41(38)43)36-25-13-17-28-16-6-7-20-31(28)36/h3-26H,1-2H3. The molecule has 2 nitrogen and oxygen atoms in total. The first-order chi connectivity index (χ1) is 22.1. The van der Waals surface area contributed by atoms with Gasteiger partial charge in [0.15, 0.2) is 5.82 Å². The fraction of sp³-hybridized carbons (Fsp3) is 0.0698. The zero-order valence-corrected chi connectivity index (χ0v) is 25.3. The Kier molecular flexibility index (Phi) is 5.58. The van der Waals surface area contributed by atoms with E-state index in [1.54, 1.807) is 0 Å². The highest BCUT2D eigenvalue weighted by Crippen LogP contribution is 2.56. The van der Waals surface area contributed by atoms with E-state index in [0.717, 1.165) is 39.3 Å². The summed E-state index contributed by atoms with van der Waals surface area (Å²) in [6, 6.07) is 52.1. The van der Waals surface area contributed by atoms with Crippen molar-refractivity contribution in [3.8, 4) is 44.9 Å².